The molecule has 2 aromatic heterocycles. The molecule has 0 amide bonds. The Hall–Kier alpha value is -2.81. The monoisotopic (exact) mass is 284 g/mol. The van der Waals surface area contributed by atoms with Crippen LogP contribution in [0, 0.1) is 11.3 Å². The first-order valence-corrected chi connectivity index (χ1v) is 6.62. The Morgan fingerprint density at radius 2 is 2.38 bits per heavy atom. The molecule has 0 aromatic carbocycles. The van der Waals surface area contributed by atoms with Crippen molar-refractivity contribution in [3.8, 4) is 6.07 Å². The van der Waals surface area contributed by atoms with Gasteiger partial charge >= 0.3 is 5.97 Å². The summed E-state index contributed by atoms with van der Waals surface area (Å²) >= 11 is 0. The molecule has 0 fully saturated rings. The third-order valence-corrected chi connectivity index (χ3v) is 2.95. The first-order valence-electron chi connectivity index (χ1n) is 6.62. The normalized spacial score (nSPS) is 10.1. The SMILES string of the molecule is CCCn1cc(N)cc1C(=O)OCc1cccnc1C#N. The van der Waals surface area contributed by atoms with Crippen LogP contribution in [0.5, 0.6) is 0 Å². The van der Waals surface area contributed by atoms with E-state index in [4.69, 9.17) is 15.7 Å². The fraction of sp³-hybridized carbons (Fsp3) is 0.267. The minimum Gasteiger partial charge on any atom is -0.456 e. The molecule has 0 radical (unpaired) electrons. The molecule has 0 aliphatic carbocycles. The van der Waals surface area contributed by atoms with Gasteiger partial charge in [-0.2, -0.15) is 5.26 Å². The number of esters is 1. The summed E-state index contributed by atoms with van der Waals surface area (Å²) < 4.78 is 7.02. The van der Waals surface area contributed by atoms with E-state index in [1.54, 1.807) is 29.0 Å². The van der Waals surface area contributed by atoms with Gasteiger partial charge in [-0.15, -0.1) is 0 Å². The van der Waals surface area contributed by atoms with Crippen molar-refractivity contribution >= 4 is 11.7 Å². The van der Waals surface area contributed by atoms with Crippen LogP contribution in [0.25, 0.3) is 0 Å². The molecule has 0 spiro atoms. The van der Waals surface area contributed by atoms with E-state index in [0.717, 1.165) is 6.42 Å². The molecule has 2 aromatic rings. The Morgan fingerprint density at radius 1 is 1.57 bits per heavy atom. The van der Waals surface area contributed by atoms with E-state index in [9.17, 15) is 4.79 Å². The van der Waals surface area contributed by atoms with E-state index >= 15 is 0 Å². The Balaban J connectivity index is 2.10. The van der Waals surface area contributed by atoms with Crippen LogP contribution in [0.15, 0.2) is 30.6 Å². The van der Waals surface area contributed by atoms with Crippen molar-refractivity contribution in [2.24, 2.45) is 0 Å². The molecule has 0 atom stereocenters. The highest BCUT2D eigenvalue weighted by molar-refractivity contribution is 5.89. The number of ether oxygens (including phenoxy) is 1. The second kappa shape index (κ2) is 6.57. The summed E-state index contributed by atoms with van der Waals surface area (Å²) in [5.41, 5.74) is 7.49. The van der Waals surface area contributed by atoms with Crippen molar-refractivity contribution in [1.29, 1.82) is 5.26 Å². The lowest BCUT2D eigenvalue weighted by molar-refractivity contribution is 0.0459. The van der Waals surface area contributed by atoms with Crippen molar-refractivity contribution in [2.45, 2.75) is 26.5 Å². The Morgan fingerprint density at radius 3 is 3.10 bits per heavy atom. The molecule has 6 nitrogen and oxygen atoms in total. The second-order valence-electron chi connectivity index (χ2n) is 4.55. The molecule has 0 saturated heterocycles. The molecule has 0 aliphatic rings. The number of anilines is 1. The molecule has 2 heterocycles. The lowest BCUT2D eigenvalue weighted by atomic mass is 10.2. The highest BCUT2D eigenvalue weighted by Gasteiger charge is 2.15. The molecular weight excluding hydrogens is 268 g/mol. The van der Waals surface area contributed by atoms with Gasteiger partial charge in [0.2, 0.25) is 0 Å². The van der Waals surface area contributed by atoms with Crippen LogP contribution >= 0.6 is 0 Å². The van der Waals surface area contributed by atoms with E-state index in [1.807, 2.05) is 13.0 Å². The molecule has 2 N–H and O–H groups in total. The summed E-state index contributed by atoms with van der Waals surface area (Å²) in [4.78, 5) is 16.0. The quantitative estimate of drug-likeness (QED) is 0.848. The van der Waals surface area contributed by atoms with Gasteiger partial charge in [0.1, 0.15) is 24.1 Å². The van der Waals surface area contributed by atoms with Gasteiger partial charge in [0.05, 0.1) is 5.69 Å². The maximum Gasteiger partial charge on any atom is 0.355 e. The van der Waals surface area contributed by atoms with Gasteiger partial charge in [0, 0.05) is 24.5 Å². The Kier molecular flexibility index (Phi) is 4.57. The van der Waals surface area contributed by atoms with Crippen LogP contribution in [-0.4, -0.2) is 15.5 Å². The van der Waals surface area contributed by atoms with Gasteiger partial charge in [-0.05, 0) is 18.6 Å². The molecule has 0 unspecified atom stereocenters. The average molecular weight is 284 g/mol. The van der Waals surface area contributed by atoms with E-state index in [-0.39, 0.29) is 12.3 Å². The van der Waals surface area contributed by atoms with E-state index in [2.05, 4.69) is 4.98 Å². The zero-order valence-corrected chi connectivity index (χ0v) is 11.7. The van der Waals surface area contributed by atoms with Crippen molar-refractivity contribution in [2.75, 3.05) is 5.73 Å². The number of nitriles is 1. The number of nitrogens with two attached hydrogens (primary N) is 1. The smallest absolute Gasteiger partial charge is 0.355 e. The summed E-state index contributed by atoms with van der Waals surface area (Å²) in [5.74, 6) is -0.465. The van der Waals surface area contributed by atoms with Gasteiger partial charge in [-0.25, -0.2) is 9.78 Å². The highest BCUT2D eigenvalue weighted by atomic mass is 16.5. The van der Waals surface area contributed by atoms with Crippen LogP contribution in [0.4, 0.5) is 5.69 Å². The first-order chi connectivity index (χ1) is 10.2. The number of aryl methyl sites for hydroxylation is 1. The first kappa shape index (κ1) is 14.6. The lowest BCUT2D eigenvalue weighted by Crippen LogP contribution is -2.12. The molecule has 0 bridgehead atoms. The van der Waals surface area contributed by atoms with Crippen LogP contribution in [0.3, 0.4) is 0 Å². The summed E-state index contributed by atoms with van der Waals surface area (Å²) in [6.07, 6.45) is 4.12. The maximum absolute atomic E-state index is 12.1. The summed E-state index contributed by atoms with van der Waals surface area (Å²) in [5, 5.41) is 8.94. The maximum atomic E-state index is 12.1. The lowest BCUT2D eigenvalue weighted by Gasteiger charge is -2.08. The molecular formula is C15H16N4O2. The Labute approximate surface area is 122 Å². The third-order valence-electron chi connectivity index (χ3n) is 2.95. The van der Waals surface area contributed by atoms with Gasteiger partial charge in [0.25, 0.3) is 0 Å². The number of aromatic nitrogens is 2. The molecule has 6 heteroatoms. The zero-order chi connectivity index (χ0) is 15.2. The number of nitrogen functional groups attached to an aromatic ring is 1. The van der Waals surface area contributed by atoms with Crippen molar-refractivity contribution < 1.29 is 9.53 Å². The highest BCUT2D eigenvalue weighted by Crippen LogP contribution is 2.14. The predicted molar refractivity (Wildman–Crippen MR) is 77.2 cm³/mol. The largest absolute Gasteiger partial charge is 0.456 e. The van der Waals surface area contributed by atoms with Gasteiger partial charge in [0.15, 0.2) is 0 Å². The second-order valence-corrected chi connectivity index (χ2v) is 4.55. The number of pyridine rings is 1. The van der Waals surface area contributed by atoms with Crippen LogP contribution < -0.4 is 5.73 Å². The number of rotatable bonds is 5. The standard InChI is InChI=1S/C15H16N4O2/c1-2-6-19-9-12(17)7-14(19)15(20)21-10-11-4-3-5-18-13(11)8-16/h3-5,7,9H,2,6,10,17H2,1H3. The fourth-order valence-corrected chi connectivity index (χ4v) is 2.00. The summed E-state index contributed by atoms with van der Waals surface area (Å²) in [7, 11) is 0. The number of hydrogen-bond donors (Lipinski definition) is 1. The summed E-state index contributed by atoms with van der Waals surface area (Å²) in [6.45, 7) is 2.71. The zero-order valence-electron chi connectivity index (χ0n) is 11.7. The third kappa shape index (κ3) is 3.39. The number of hydrogen-bond acceptors (Lipinski definition) is 5. The van der Waals surface area contributed by atoms with Crippen molar-refractivity contribution in [1.82, 2.24) is 9.55 Å². The predicted octanol–water partition coefficient (Wildman–Crippen LogP) is 2.10. The Bertz CT molecular complexity index is 685. The minimum absolute atomic E-state index is 0.00672. The van der Waals surface area contributed by atoms with E-state index in [1.165, 1.54) is 6.20 Å². The van der Waals surface area contributed by atoms with Crippen LogP contribution in [-0.2, 0) is 17.9 Å². The molecule has 0 saturated carbocycles. The van der Waals surface area contributed by atoms with Gasteiger partial charge < -0.3 is 15.0 Å². The van der Waals surface area contributed by atoms with Gasteiger partial charge in [-0.3, -0.25) is 0 Å². The number of nitrogens with zero attached hydrogens (tertiary/aromatic N) is 3. The summed E-state index contributed by atoms with van der Waals surface area (Å²) in [6, 6.07) is 6.96. The van der Waals surface area contributed by atoms with Crippen LogP contribution in [0.2, 0.25) is 0 Å². The van der Waals surface area contributed by atoms with E-state index < -0.39 is 5.97 Å². The van der Waals surface area contributed by atoms with Crippen LogP contribution in [0.1, 0.15) is 35.1 Å². The minimum atomic E-state index is -0.465. The molecule has 0 aliphatic heterocycles. The number of carbonyl (C=O) groups is 1. The molecule has 21 heavy (non-hydrogen) atoms. The topological polar surface area (TPSA) is 93.9 Å². The van der Waals surface area contributed by atoms with E-state index in [0.29, 0.717) is 23.5 Å². The number of carbonyl (C=O) groups excluding carboxylic acids is 1. The molecule has 108 valence electrons. The van der Waals surface area contributed by atoms with Crippen molar-refractivity contribution in [3.63, 3.8) is 0 Å². The van der Waals surface area contributed by atoms with Crippen molar-refractivity contribution in [3.05, 3.63) is 47.5 Å². The van der Waals surface area contributed by atoms with Gasteiger partial charge in [-0.1, -0.05) is 13.0 Å². The average Bonchev–Trinajstić information content (AvgIpc) is 2.86. The fourth-order valence-electron chi connectivity index (χ4n) is 2.00. The molecule has 2 rings (SSSR count).